The molecule has 4 heteroatoms. The van der Waals surface area contributed by atoms with E-state index in [0.717, 1.165) is 25.3 Å². The van der Waals surface area contributed by atoms with Crippen molar-refractivity contribution in [3.05, 3.63) is 18.2 Å². The van der Waals surface area contributed by atoms with Gasteiger partial charge in [0.05, 0.1) is 12.3 Å². The second-order valence-electron chi connectivity index (χ2n) is 4.66. The SMILES string of the molecule is CCCCN(C)CCCOc1ccc(N)cc1N. The fourth-order valence-corrected chi connectivity index (χ4v) is 1.75. The zero-order valence-electron chi connectivity index (χ0n) is 11.5. The Kier molecular flexibility index (Phi) is 6.36. The van der Waals surface area contributed by atoms with E-state index >= 15 is 0 Å². The molecular formula is C14H25N3O. The van der Waals surface area contributed by atoms with Crippen LogP contribution in [0.3, 0.4) is 0 Å². The highest BCUT2D eigenvalue weighted by Gasteiger charge is 2.01. The Morgan fingerprint density at radius 3 is 2.56 bits per heavy atom. The number of unbranched alkanes of at least 4 members (excludes halogenated alkanes) is 1. The van der Waals surface area contributed by atoms with Crippen LogP contribution in [-0.4, -0.2) is 31.6 Å². The molecule has 18 heavy (non-hydrogen) atoms. The van der Waals surface area contributed by atoms with E-state index in [4.69, 9.17) is 16.2 Å². The van der Waals surface area contributed by atoms with E-state index in [-0.39, 0.29) is 0 Å². The summed E-state index contributed by atoms with van der Waals surface area (Å²) in [5.41, 5.74) is 12.7. The molecule has 0 aliphatic carbocycles. The van der Waals surface area contributed by atoms with Crippen molar-refractivity contribution in [3.63, 3.8) is 0 Å². The zero-order chi connectivity index (χ0) is 13.4. The van der Waals surface area contributed by atoms with Crippen molar-refractivity contribution in [1.82, 2.24) is 4.90 Å². The molecule has 0 spiro atoms. The van der Waals surface area contributed by atoms with Crippen LogP contribution in [0.25, 0.3) is 0 Å². The van der Waals surface area contributed by atoms with E-state index in [2.05, 4.69) is 18.9 Å². The summed E-state index contributed by atoms with van der Waals surface area (Å²) in [6.07, 6.45) is 3.50. The summed E-state index contributed by atoms with van der Waals surface area (Å²) < 4.78 is 5.64. The maximum Gasteiger partial charge on any atom is 0.142 e. The number of benzene rings is 1. The zero-order valence-corrected chi connectivity index (χ0v) is 11.5. The molecule has 0 saturated heterocycles. The van der Waals surface area contributed by atoms with Gasteiger partial charge in [0.1, 0.15) is 5.75 Å². The molecule has 0 bridgehead atoms. The van der Waals surface area contributed by atoms with Gasteiger partial charge in [0.2, 0.25) is 0 Å². The van der Waals surface area contributed by atoms with Crippen LogP contribution in [0.15, 0.2) is 18.2 Å². The number of nitrogens with two attached hydrogens (primary N) is 2. The Morgan fingerprint density at radius 2 is 1.89 bits per heavy atom. The minimum Gasteiger partial charge on any atom is -0.491 e. The molecular weight excluding hydrogens is 226 g/mol. The van der Waals surface area contributed by atoms with Crippen molar-refractivity contribution in [2.75, 3.05) is 38.2 Å². The fourth-order valence-electron chi connectivity index (χ4n) is 1.75. The average Bonchev–Trinajstić information content (AvgIpc) is 2.34. The monoisotopic (exact) mass is 251 g/mol. The van der Waals surface area contributed by atoms with E-state index in [9.17, 15) is 0 Å². The first-order chi connectivity index (χ1) is 8.63. The van der Waals surface area contributed by atoms with Gasteiger partial charge in [-0.05, 0) is 44.6 Å². The maximum absolute atomic E-state index is 5.81. The molecule has 0 heterocycles. The van der Waals surface area contributed by atoms with Gasteiger partial charge in [0.25, 0.3) is 0 Å². The number of hydrogen-bond acceptors (Lipinski definition) is 4. The molecule has 0 unspecified atom stereocenters. The Labute approximate surface area is 110 Å². The molecule has 0 saturated carbocycles. The normalized spacial score (nSPS) is 10.8. The van der Waals surface area contributed by atoms with Crippen molar-refractivity contribution in [3.8, 4) is 5.75 Å². The third kappa shape index (κ3) is 5.27. The molecule has 0 aliphatic heterocycles. The second-order valence-corrected chi connectivity index (χ2v) is 4.66. The highest BCUT2D eigenvalue weighted by atomic mass is 16.5. The van der Waals surface area contributed by atoms with Gasteiger partial charge in [-0.2, -0.15) is 0 Å². The average molecular weight is 251 g/mol. The van der Waals surface area contributed by atoms with Gasteiger partial charge >= 0.3 is 0 Å². The van der Waals surface area contributed by atoms with E-state index < -0.39 is 0 Å². The van der Waals surface area contributed by atoms with Crippen LogP contribution in [0.2, 0.25) is 0 Å². The number of hydrogen-bond donors (Lipinski definition) is 2. The van der Waals surface area contributed by atoms with Gasteiger partial charge in [-0.1, -0.05) is 13.3 Å². The van der Waals surface area contributed by atoms with Crippen molar-refractivity contribution in [2.45, 2.75) is 26.2 Å². The summed E-state index contributed by atoms with van der Waals surface area (Å²) in [5.74, 6) is 0.723. The van der Waals surface area contributed by atoms with Crippen LogP contribution in [0, 0.1) is 0 Å². The first-order valence-corrected chi connectivity index (χ1v) is 6.59. The summed E-state index contributed by atoms with van der Waals surface area (Å²) in [6, 6.07) is 5.35. The number of nitrogen functional groups attached to an aromatic ring is 2. The molecule has 0 amide bonds. The largest absolute Gasteiger partial charge is 0.491 e. The molecule has 0 aromatic heterocycles. The molecule has 0 atom stereocenters. The summed E-state index contributed by atoms with van der Waals surface area (Å²) in [7, 11) is 2.15. The highest BCUT2D eigenvalue weighted by molar-refractivity contribution is 5.60. The van der Waals surface area contributed by atoms with Crippen molar-refractivity contribution in [1.29, 1.82) is 0 Å². The molecule has 0 fully saturated rings. The maximum atomic E-state index is 5.81. The summed E-state index contributed by atoms with van der Waals surface area (Å²) in [6.45, 7) is 5.10. The lowest BCUT2D eigenvalue weighted by Crippen LogP contribution is -2.22. The van der Waals surface area contributed by atoms with Crippen molar-refractivity contribution < 1.29 is 4.74 Å². The van der Waals surface area contributed by atoms with Crippen LogP contribution < -0.4 is 16.2 Å². The van der Waals surface area contributed by atoms with Gasteiger partial charge < -0.3 is 21.1 Å². The lowest BCUT2D eigenvalue weighted by Gasteiger charge is -2.16. The molecule has 4 nitrogen and oxygen atoms in total. The lowest BCUT2D eigenvalue weighted by molar-refractivity contribution is 0.261. The molecule has 1 rings (SSSR count). The quantitative estimate of drug-likeness (QED) is 0.550. The van der Waals surface area contributed by atoms with Crippen molar-refractivity contribution in [2.24, 2.45) is 0 Å². The Morgan fingerprint density at radius 1 is 1.17 bits per heavy atom. The van der Waals surface area contributed by atoms with E-state index in [0.29, 0.717) is 18.0 Å². The van der Waals surface area contributed by atoms with Crippen LogP contribution in [0.1, 0.15) is 26.2 Å². The molecule has 102 valence electrons. The number of anilines is 2. The van der Waals surface area contributed by atoms with E-state index in [1.54, 1.807) is 12.1 Å². The standard InChI is InChI=1S/C14H25N3O/c1-3-4-8-17(2)9-5-10-18-14-7-6-12(15)11-13(14)16/h6-7,11H,3-5,8-10,15-16H2,1-2H3. The fraction of sp³-hybridized carbons (Fsp3) is 0.571. The molecule has 1 aromatic carbocycles. The summed E-state index contributed by atoms with van der Waals surface area (Å²) in [5, 5.41) is 0. The molecule has 1 aromatic rings. The van der Waals surface area contributed by atoms with Gasteiger partial charge in [-0.15, -0.1) is 0 Å². The van der Waals surface area contributed by atoms with E-state index in [1.807, 2.05) is 6.07 Å². The Hall–Kier alpha value is -1.42. The molecule has 0 aliphatic rings. The first kappa shape index (κ1) is 14.6. The second kappa shape index (κ2) is 7.82. The topological polar surface area (TPSA) is 64.5 Å². The third-order valence-corrected chi connectivity index (χ3v) is 2.87. The smallest absolute Gasteiger partial charge is 0.142 e. The minimum atomic E-state index is 0.606. The third-order valence-electron chi connectivity index (χ3n) is 2.87. The Balaban J connectivity index is 2.21. The van der Waals surface area contributed by atoms with Crippen LogP contribution in [0.4, 0.5) is 11.4 Å². The molecule has 4 N–H and O–H groups in total. The van der Waals surface area contributed by atoms with Crippen LogP contribution in [0.5, 0.6) is 5.75 Å². The highest BCUT2D eigenvalue weighted by Crippen LogP contribution is 2.23. The van der Waals surface area contributed by atoms with Crippen LogP contribution in [-0.2, 0) is 0 Å². The Bertz CT molecular complexity index is 355. The van der Waals surface area contributed by atoms with Crippen molar-refractivity contribution >= 4 is 11.4 Å². The molecule has 0 radical (unpaired) electrons. The van der Waals surface area contributed by atoms with Crippen LogP contribution >= 0.6 is 0 Å². The lowest BCUT2D eigenvalue weighted by atomic mass is 10.2. The number of rotatable bonds is 8. The minimum absolute atomic E-state index is 0.606. The van der Waals surface area contributed by atoms with E-state index in [1.165, 1.54) is 12.8 Å². The predicted octanol–water partition coefficient (Wildman–Crippen LogP) is 2.35. The summed E-state index contributed by atoms with van der Waals surface area (Å²) >= 11 is 0. The van der Waals surface area contributed by atoms with Gasteiger partial charge in [0, 0.05) is 12.2 Å². The number of ether oxygens (including phenoxy) is 1. The van der Waals surface area contributed by atoms with Gasteiger partial charge in [-0.3, -0.25) is 0 Å². The van der Waals surface area contributed by atoms with Gasteiger partial charge in [0.15, 0.2) is 0 Å². The first-order valence-electron chi connectivity index (χ1n) is 6.59. The predicted molar refractivity (Wildman–Crippen MR) is 77.8 cm³/mol. The number of nitrogens with zero attached hydrogens (tertiary/aromatic N) is 1. The van der Waals surface area contributed by atoms with Gasteiger partial charge in [-0.25, -0.2) is 0 Å². The summed E-state index contributed by atoms with van der Waals surface area (Å²) in [4.78, 5) is 2.33.